The van der Waals surface area contributed by atoms with Gasteiger partial charge >= 0.3 is 5.69 Å². The molecule has 0 aromatic heterocycles. The van der Waals surface area contributed by atoms with Gasteiger partial charge < -0.3 is 81.8 Å². The maximum atomic E-state index is 14.5. The number of amides is 6. The largest absolute Gasteiger partial charge is 0.502 e. The van der Waals surface area contributed by atoms with Gasteiger partial charge in [0.1, 0.15) is 42.1 Å². The number of rotatable bonds is 15. The molecule has 3 aliphatic heterocycles. The van der Waals surface area contributed by atoms with Crippen LogP contribution in [0.3, 0.4) is 0 Å². The molecule has 26 nitrogen and oxygen atoms in total. The van der Waals surface area contributed by atoms with E-state index in [1.54, 1.807) is 12.1 Å². The first kappa shape index (κ1) is 64.6. The van der Waals surface area contributed by atoms with E-state index in [9.17, 15) is 89.6 Å². The van der Waals surface area contributed by atoms with Crippen molar-refractivity contribution in [2.75, 3.05) is 19.7 Å². The first-order valence-electron chi connectivity index (χ1n) is 28.0. The average Bonchev–Trinajstić information content (AvgIpc) is 2.24. The third kappa shape index (κ3) is 15.3. The van der Waals surface area contributed by atoms with E-state index >= 15 is 0 Å². The fourth-order valence-corrected chi connectivity index (χ4v) is 10.7. The number of nitro benzene ring substituents is 1. The van der Waals surface area contributed by atoms with Gasteiger partial charge in [-0.3, -0.25) is 43.7 Å². The molecule has 0 radical (unpaired) electrons. The number of ether oxygens (including phenoxy) is 1. The third-order valence-corrected chi connectivity index (χ3v) is 15.7. The number of aliphatic hydroxyl groups is 8. The number of phenolic OH excluding ortho intramolecular Hbond substituents is 1. The zero-order chi connectivity index (χ0) is 62.1. The molecule has 4 aromatic carbocycles. The molecule has 7 rings (SSSR count). The highest BCUT2D eigenvalue weighted by Gasteiger charge is 2.50. The number of carbonyl (C=O) groups excluding carboxylic acids is 7. The van der Waals surface area contributed by atoms with Gasteiger partial charge in [0.2, 0.25) is 29.5 Å². The number of hydrogen-bond donors (Lipinski definition) is 13. The van der Waals surface area contributed by atoms with Crippen LogP contribution in [0.5, 0.6) is 11.5 Å². The van der Waals surface area contributed by atoms with Gasteiger partial charge in [-0.25, -0.2) is 0 Å². The van der Waals surface area contributed by atoms with Crippen molar-refractivity contribution in [2.45, 2.75) is 145 Å². The van der Waals surface area contributed by atoms with E-state index in [0.717, 1.165) is 77.5 Å². The second-order valence-electron chi connectivity index (χ2n) is 22.0. The van der Waals surface area contributed by atoms with Crippen LogP contribution in [0.15, 0.2) is 91.0 Å². The Morgan fingerprint density at radius 2 is 1.28 bits per heavy atom. The smallest absolute Gasteiger partial charge is 0.311 e. The molecule has 0 aliphatic carbocycles. The zero-order valence-electron chi connectivity index (χ0n) is 47.1. The molecular formula is C59H73N7O19. The van der Waals surface area contributed by atoms with Crippen LogP contribution in [0.2, 0.25) is 0 Å². The van der Waals surface area contributed by atoms with E-state index in [-0.39, 0.29) is 5.56 Å². The second kappa shape index (κ2) is 28.3. The van der Waals surface area contributed by atoms with Crippen molar-refractivity contribution in [3.63, 3.8) is 0 Å². The number of Topliss-reactive ketones (excluding diaryl/α,β-unsaturated/α-hetero) is 1. The van der Waals surface area contributed by atoms with E-state index in [1.807, 2.05) is 48.5 Å². The van der Waals surface area contributed by atoms with Crippen LogP contribution in [0.25, 0.3) is 22.3 Å². The number of nitrogens with one attached hydrogen (secondary N) is 4. The zero-order valence-corrected chi connectivity index (χ0v) is 47.1. The summed E-state index contributed by atoms with van der Waals surface area (Å²) in [4.78, 5) is 113. The van der Waals surface area contributed by atoms with Crippen molar-refractivity contribution in [1.29, 1.82) is 0 Å². The van der Waals surface area contributed by atoms with Gasteiger partial charge in [0.25, 0.3) is 5.91 Å². The topological polar surface area (TPSA) is 409 Å². The summed E-state index contributed by atoms with van der Waals surface area (Å²) in [6.45, 7) is 5.30. The highest BCUT2D eigenvalue weighted by Crippen LogP contribution is 2.34. The molecule has 458 valence electrons. The Morgan fingerprint density at radius 3 is 1.85 bits per heavy atom. The Labute approximate surface area is 488 Å². The SMILES string of the molecule is CCCCCOc1ccc(-c2ccc(-c3ccc(C(=O)N[C@H]4C[C@@H](O)[C@@H](O)NC(=O)[C@@H]5[C@@H](O)[C@@H](C)CN5C(=O)[C@H]([C@@H](C)O)NC(=O)[C@H]([C@H](O)[C@@H](O)c5ccc(O)c([N+](=O)[O-])c5)CC(=O)[C@@H]5C[C@@H](O)CN5C(=O)[C@H]([C@@H](C)O)NC4=O)cc3)cc2)cc1. The number of aliphatic hydroxyl groups excluding tert-OH is 8. The highest BCUT2D eigenvalue weighted by atomic mass is 16.6. The number of carbonyl (C=O) groups is 7. The first-order valence-corrected chi connectivity index (χ1v) is 28.0. The summed E-state index contributed by atoms with van der Waals surface area (Å²) < 4.78 is 5.84. The number of nitro groups is 1. The van der Waals surface area contributed by atoms with Crippen molar-refractivity contribution >= 4 is 46.9 Å². The molecule has 3 fully saturated rings. The Hall–Kier alpha value is -7.95. The minimum absolute atomic E-state index is 0.00988. The Balaban J connectivity index is 1.19. The van der Waals surface area contributed by atoms with Crippen molar-refractivity contribution in [1.82, 2.24) is 31.1 Å². The molecular weight excluding hydrogens is 1110 g/mol. The van der Waals surface area contributed by atoms with Gasteiger partial charge in [-0.15, -0.1) is 0 Å². The van der Waals surface area contributed by atoms with Gasteiger partial charge in [-0.05, 0) is 78.4 Å². The molecule has 3 heterocycles. The number of aromatic hydroxyl groups is 1. The van der Waals surface area contributed by atoms with Gasteiger partial charge in [0, 0.05) is 49.9 Å². The molecule has 85 heavy (non-hydrogen) atoms. The predicted octanol–water partition coefficient (Wildman–Crippen LogP) is 0.0717. The van der Waals surface area contributed by atoms with Crippen LogP contribution >= 0.6 is 0 Å². The molecule has 4 aromatic rings. The number of fused-ring (bicyclic) bond motifs is 2. The summed E-state index contributed by atoms with van der Waals surface area (Å²) >= 11 is 0. The van der Waals surface area contributed by atoms with Crippen LogP contribution < -0.4 is 26.0 Å². The van der Waals surface area contributed by atoms with E-state index in [1.165, 1.54) is 19.1 Å². The fraction of sp³-hybridized carbons (Fsp3) is 0.475. The standard InChI is InChI=1S/C59H73N7O19/c1-5-6-7-22-85-39-19-16-35(17-20-39)33-10-8-32(9-11-33)34-12-14-36(15-13-34)53(76)60-41-26-46(72)56(79)63-57(80)49-50(73)29(2)27-65(49)59(82)48(31(4)68)61-54(77)40(52(75)51(74)37-18-21-44(70)43(23-37)66(83)84)25-45(71)42-24-38(69)28-64(42)58(81)47(30(3)67)62-55(41)78/h8-21,23,29-31,38,40-42,46-52,56,67-70,72-75,79H,5-7,22,24-28H2,1-4H3,(H,60,76)(H,61,77)(H,62,78)(H,63,80)/t29-,30+,31+,38+,40-,41-,42-,46+,47-,48-,49-,50-,51-,52-,56+/m0/s1. The van der Waals surface area contributed by atoms with Crippen LogP contribution in [0.4, 0.5) is 5.69 Å². The summed E-state index contributed by atoms with van der Waals surface area (Å²) in [6, 6.07) is 14.5. The predicted molar refractivity (Wildman–Crippen MR) is 301 cm³/mol. The summed E-state index contributed by atoms with van der Waals surface area (Å²) in [6.07, 6.45) is -15.4. The van der Waals surface area contributed by atoms with E-state index < -0.39 is 187 Å². The lowest BCUT2D eigenvalue weighted by Gasteiger charge is -2.33. The van der Waals surface area contributed by atoms with Gasteiger partial charge in [-0.1, -0.05) is 81.3 Å². The number of phenols is 1. The minimum atomic E-state index is -2.42. The molecule has 0 bridgehead atoms. The van der Waals surface area contributed by atoms with Crippen LogP contribution in [-0.2, 0) is 28.8 Å². The fourth-order valence-electron chi connectivity index (χ4n) is 10.7. The molecule has 15 atom stereocenters. The quantitative estimate of drug-likeness (QED) is 0.0425. The average molecular weight is 1180 g/mol. The third-order valence-electron chi connectivity index (χ3n) is 15.7. The summed E-state index contributed by atoms with van der Waals surface area (Å²) in [5.41, 5.74) is 2.01. The number of nitrogens with zero attached hydrogens (tertiary/aromatic N) is 3. The van der Waals surface area contributed by atoms with Crippen LogP contribution in [0.1, 0.15) is 88.2 Å². The lowest BCUT2D eigenvalue weighted by atomic mass is 9.86. The lowest BCUT2D eigenvalue weighted by Crippen LogP contribution is -2.61. The van der Waals surface area contributed by atoms with Gasteiger partial charge in [-0.2, -0.15) is 0 Å². The number of ketones is 1. The van der Waals surface area contributed by atoms with E-state index in [0.29, 0.717) is 18.2 Å². The Morgan fingerprint density at radius 1 is 0.729 bits per heavy atom. The molecule has 6 amide bonds. The van der Waals surface area contributed by atoms with E-state index in [4.69, 9.17) is 4.74 Å². The lowest BCUT2D eigenvalue weighted by molar-refractivity contribution is -0.386. The molecule has 0 unspecified atom stereocenters. The van der Waals surface area contributed by atoms with Crippen molar-refractivity contribution in [2.24, 2.45) is 11.8 Å². The van der Waals surface area contributed by atoms with Crippen LogP contribution in [0, 0.1) is 22.0 Å². The molecule has 3 aliphatic rings. The molecule has 3 saturated heterocycles. The highest BCUT2D eigenvalue weighted by molar-refractivity contribution is 6.00. The monoisotopic (exact) mass is 1180 g/mol. The summed E-state index contributed by atoms with van der Waals surface area (Å²) in [7, 11) is 0. The Bertz CT molecular complexity index is 3060. The molecule has 13 N–H and O–H groups in total. The minimum Gasteiger partial charge on any atom is -0.502 e. The van der Waals surface area contributed by atoms with Crippen molar-refractivity contribution < 1.29 is 89.2 Å². The summed E-state index contributed by atoms with van der Waals surface area (Å²) in [5.74, 6) is -11.5. The Kier molecular flexibility index (Phi) is 21.5. The maximum Gasteiger partial charge on any atom is 0.311 e. The van der Waals surface area contributed by atoms with Crippen molar-refractivity contribution in [3.05, 3.63) is 112 Å². The number of benzene rings is 4. The molecule has 0 saturated carbocycles. The second-order valence-corrected chi connectivity index (χ2v) is 22.0. The number of hydrogen-bond acceptors (Lipinski definition) is 19. The molecule has 0 spiro atoms. The summed E-state index contributed by atoms with van der Waals surface area (Å²) in [5, 5.41) is 121. The normalized spacial score (nSPS) is 27.0. The maximum absolute atomic E-state index is 14.5. The van der Waals surface area contributed by atoms with Gasteiger partial charge in [0.15, 0.2) is 17.8 Å². The number of unbranched alkanes of at least 4 members (excludes halogenated alkanes) is 2. The molecule has 26 heteroatoms. The first-order chi connectivity index (χ1) is 40.3. The van der Waals surface area contributed by atoms with E-state index in [2.05, 4.69) is 28.2 Å². The van der Waals surface area contributed by atoms with Gasteiger partial charge in [0.05, 0.1) is 54.0 Å². The van der Waals surface area contributed by atoms with Crippen molar-refractivity contribution in [3.8, 4) is 33.8 Å². The van der Waals surface area contributed by atoms with Crippen LogP contribution in [-0.4, -0.2) is 195 Å².